The van der Waals surface area contributed by atoms with E-state index >= 15 is 0 Å². The zero-order valence-corrected chi connectivity index (χ0v) is 5.51. The van der Waals surface area contributed by atoms with E-state index < -0.39 is 0 Å². The van der Waals surface area contributed by atoms with Crippen molar-refractivity contribution >= 4 is 6.29 Å². The summed E-state index contributed by atoms with van der Waals surface area (Å²) in [6.07, 6.45) is 2.60. The second-order valence-electron chi connectivity index (χ2n) is 1.73. The molecule has 0 N–H and O–H groups in total. The molecule has 0 aromatic heterocycles. The van der Waals surface area contributed by atoms with Gasteiger partial charge in [-0.15, -0.1) is 0 Å². The van der Waals surface area contributed by atoms with Gasteiger partial charge in [0.2, 0.25) is 0 Å². The van der Waals surface area contributed by atoms with Crippen molar-refractivity contribution < 1.29 is 4.79 Å². The minimum atomic E-state index is 0.713. The van der Waals surface area contributed by atoms with Gasteiger partial charge >= 0.3 is 0 Å². The highest BCUT2D eigenvalue weighted by molar-refractivity contribution is 5.71. The summed E-state index contributed by atoms with van der Waals surface area (Å²) < 4.78 is 0. The summed E-state index contributed by atoms with van der Waals surface area (Å²) in [7, 11) is 3.67. The number of carbonyl (C=O) groups is 1. The molecule has 8 heavy (non-hydrogen) atoms. The van der Waals surface area contributed by atoms with E-state index in [1.807, 2.05) is 21.0 Å². The molecule has 0 heterocycles. The number of rotatable bonds is 2. The predicted molar refractivity (Wildman–Crippen MR) is 33.5 cm³/mol. The molecule has 0 amide bonds. The molecule has 0 spiro atoms. The van der Waals surface area contributed by atoms with Gasteiger partial charge < -0.3 is 4.90 Å². The zero-order chi connectivity index (χ0) is 6.57. The highest BCUT2D eigenvalue weighted by Crippen LogP contribution is 1.90. The molecule has 0 atom stereocenters. The summed E-state index contributed by atoms with van der Waals surface area (Å²) in [5.41, 5.74) is 0.713. The van der Waals surface area contributed by atoms with Crippen molar-refractivity contribution in [3.8, 4) is 0 Å². The highest BCUT2D eigenvalue weighted by atomic mass is 16.1. The highest BCUT2D eigenvalue weighted by Gasteiger charge is 1.90. The molecule has 0 radical (unpaired) electrons. The van der Waals surface area contributed by atoms with Crippen molar-refractivity contribution in [1.29, 1.82) is 0 Å². The standard InChI is InChI=1S/C6H11NO/c1-4-6(5-8)7(2)3/h4-5H,1-3H3/b6-4+. The first kappa shape index (κ1) is 7.21. The van der Waals surface area contributed by atoms with Crippen LogP contribution in [0.4, 0.5) is 0 Å². The number of carbonyl (C=O) groups excluding carboxylic acids is 1. The van der Waals surface area contributed by atoms with Crippen LogP contribution in [-0.2, 0) is 4.79 Å². The molecule has 0 unspecified atom stereocenters. The van der Waals surface area contributed by atoms with Gasteiger partial charge in [-0.25, -0.2) is 0 Å². The fourth-order valence-corrected chi connectivity index (χ4v) is 0.432. The first-order chi connectivity index (χ1) is 3.72. The summed E-state index contributed by atoms with van der Waals surface area (Å²) in [5.74, 6) is 0. The van der Waals surface area contributed by atoms with E-state index in [0.717, 1.165) is 6.29 Å². The molecular weight excluding hydrogens is 102 g/mol. The molecule has 0 aromatic rings. The third-order valence-electron chi connectivity index (χ3n) is 0.933. The molecule has 0 aliphatic carbocycles. The molecule has 0 fully saturated rings. The average molecular weight is 113 g/mol. The predicted octanol–water partition coefficient (Wildman–Crippen LogP) is 0.651. The van der Waals surface area contributed by atoms with Crippen LogP contribution in [-0.4, -0.2) is 25.3 Å². The van der Waals surface area contributed by atoms with Gasteiger partial charge in [0.05, 0.1) is 5.70 Å². The van der Waals surface area contributed by atoms with E-state index in [-0.39, 0.29) is 0 Å². The van der Waals surface area contributed by atoms with Crippen LogP contribution in [0.15, 0.2) is 11.8 Å². The summed E-state index contributed by atoms with van der Waals surface area (Å²) >= 11 is 0. The number of hydrogen-bond donors (Lipinski definition) is 0. The van der Waals surface area contributed by atoms with Crippen molar-refractivity contribution in [2.75, 3.05) is 14.1 Å². The Balaban J connectivity index is 3.91. The molecule has 0 aliphatic rings. The largest absolute Gasteiger partial charge is 0.375 e. The minimum Gasteiger partial charge on any atom is -0.375 e. The molecular formula is C6H11NO. The lowest BCUT2D eigenvalue weighted by Crippen LogP contribution is -2.11. The van der Waals surface area contributed by atoms with E-state index in [4.69, 9.17) is 0 Å². The fourth-order valence-electron chi connectivity index (χ4n) is 0.432. The number of likely N-dealkylation sites (N-methyl/N-ethyl adjacent to an activating group) is 1. The Kier molecular flexibility index (Phi) is 2.92. The van der Waals surface area contributed by atoms with Gasteiger partial charge in [-0.2, -0.15) is 0 Å². The summed E-state index contributed by atoms with van der Waals surface area (Å²) in [4.78, 5) is 11.8. The second kappa shape index (κ2) is 3.24. The normalized spacial score (nSPS) is 11.1. The van der Waals surface area contributed by atoms with Gasteiger partial charge in [0.15, 0.2) is 6.29 Å². The molecule has 0 saturated carbocycles. The van der Waals surface area contributed by atoms with Crippen LogP contribution in [0.3, 0.4) is 0 Å². The lowest BCUT2D eigenvalue weighted by Gasteiger charge is -2.08. The number of hydrogen-bond acceptors (Lipinski definition) is 2. The number of allylic oxidation sites excluding steroid dienone is 2. The van der Waals surface area contributed by atoms with Crippen LogP contribution in [0.1, 0.15) is 6.92 Å². The van der Waals surface area contributed by atoms with Crippen LogP contribution in [0.5, 0.6) is 0 Å². The Hall–Kier alpha value is -0.790. The first-order valence-corrected chi connectivity index (χ1v) is 2.51. The van der Waals surface area contributed by atoms with Gasteiger partial charge in [0, 0.05) is 14.1 Å². The first-order valence-electron chi connectivity index (χ1n) is 2.51. The third-order valence-corrected chi connectivity index (χ3v) is 0.933. The SMILES string of the molecule is C/C=C(\C=O)N(C)C. The van der Waals surface area contributed by atoms with Crippen LogP contribution < -0.4 is 0 Å². The molecule has 0 bridgehead atoms. The van der Waals surface area contributed by atoms with Gasteiger partial charge in [0.1, 0.15) is 0 Å². The monoisotopic (exact) mass is 113 g/mol. The van der Waals surface area contributed by atoms with Crippen molar-refractivity contribution in [3.63, 3.8) is 0 Å². The van der Waals surface area contributed by atoms with E-state index in [2.05, 4.69) is 0 Å². The van der Waals surface area contributed by atoms with Crippen LogP contribution in [0, 0.1) is 0 Å². The smallest absolute Gasteiger partial charge is 0.165 e. The number of aldehydes is 1. The molecule has 0 rings (SSSR count). The molecule has 2 nitrogen and oxygen atoms in total. The molecule has 0 saturated heterocycles. The Labute approximate surface area is 49.8 Å². The maximum absolute atomic E-state index is 10.1. The second-order valence-corrected chi connectivity index (χ2v) is 1.73. The Morgan fingerprint density at radius 1 is 1.50 bits per heavy atom. The summed E-state index contributed by atoms with van der Waals surface area (Å²) in [6.45, 7) is 1.84. The van der Waals surface area contributed by atoms with Crippen LogP contribution in [0.25, 0.3) is 0 Å². The number of nitrogens with zero attached hydrogens (tertiary/aromatic N) is 1. The minimum absolute atomic E-state index is 0.713. The molecule has 46 valence electrons. The van der Waals surface area contributed by atoms with Gasteiger partial charge in [-0.3, -0.25) is 4.79 Å². The van der Waals surface area contributed by atoms with E-state index in [1.165, 1.54) is 0 Å². The maximum Gasteiger partial charge on any atom is 0.165 e. The van der Waals surface area contributed by atoms with Crippen molar-refractivity contribution in [2.24, 2.45) is 0 Å². The molecule has 2 heteroatoms. The van der Waals surface area contributed by atoms with E-state index in [0.29, 0.717) is 5.70 Å². The third kappa shape index (κ3) is 1.78. The van der Waals surface area contributed by atoms with Crippen molar-refractivity contribution in [1.82, 2.24) is 4.90 Å². The fraction of sp³-hybridized carbons (Fsp3) is 0.500. The topological polar surface area (TPSA) is 20.3 Å². The van der Waals surface area contributed by atoms with Gasteiger partial charge in [0.25, 0.3) is 0 Å². The van der Waals surface area contributed by atoms with E-state index in [9.17, 15) is 4.79 Å². The molecule has 0 aromatic carbocycles. The van der Waals surface area contributed by atoms with Crippen molar-refractivity contribution in [2.45, 2.75) is 6.92 Å². The van der Waals surface area contributed by atoms with Gasteiger partial charge in [-0.05, 0) is 6.92 Å². The van der Waals surface area contributed by atoms with Gasteiger partial charge in [-0.1, -0.05) is 6.08 Å². The molecule has 0 aliphatic heterocycles. The van der Waals surface area contributed by atoms with Crippen molar-refractivity contribution in [3.05, 3.63) is 11.8 Å². The quantitative estimate of drug-likeness (QED) is 0.387. The Morgan fingerprint density at radius 2 is 2.00 bits per heavy atom. The van der Waals surface area contributed by atoms with E-state index in [1.54, 1.807) is 11.0 Å². The lowest BCUT2D eigenvalue weighted by molar-refractivity contribution is -0.105. The lowest BCUT2D eigenvalue weighted by atomic mass is 10.4. The van der Waals surface area contributed by atoms with Crippen LogP contribution >= 0.6 is 0 Å². The Morgan fingerprint density at radius 3 is 2.00 bits per heavy atom. The van der Waals surface area contributed by atoms with Crippen LogP contribution in [0.2, 0.25) is 0 Å². The Bertz CT molecular complexity index is 105. The average Bonchev–Trinajstić information content (AvgIpc) is 1.69. The summed E-state index contributed by atoms with van der Waals surface area (Å²) in [5, 5.41) is 0. The summed E-state index contributed by atoms with van der Waals surface area (Å²) in [6, 6.07) is 0. The zero-order valence-electron chi connectivity index (χ0n) is 5.51. The maximum atomic E-state index is 10.1.